The zero-order chi connectivity index (χ0) is 13.9. The van der Waals surface area contributed by atoms with Gasteiger partial charge >= 0.3 is 0 Å². The monoisotopic (exact) mass is 288 g/mol. The van der Waals surface area contributed by atoms with Crippen LogP contribution >= 0.6 is 11.6 Å². The molecule has 0 fully saturated rings. The molecule has 0 saturated heterocycles. The molecule has 0 saturated carbocycles. The minimum atomic E-state index is 0.336. The first-order chi connectivity index (χ1) is 9.72. The van der Waals surface area contributed by atoms with Gasteiger partial charge in [-0.1, -0.05) is 17.7 Å². The predicted octanol–water partition coefficient (Wildman–Crippen LogP) is 3.78. The van der Waals surface area contributed by atoms with Crippen LogP contribution in [0.4, 0.5) is 5.82 Å². The number of ether oxygens (including phenoxy) is 1. The highest BCUT2D eigenvalue weighted by Gasteiger charge is 2.10. The van der Waals surface area contributed by atoms with Gasteiger partial charge in [-0.2, -0.15) is 0 Å². The molecule has 2 N–H and O–H groups in total. The van der Waals surface area contributed by atoms with Crippen molar-refractivity contribution in [3.8, 4) is 5.75 Å². The van der Waals surface area contributed by atoms with Crippen molar-refractivity contribution >= 4 is 17.4 Å². The van der Waals surface area contributed by atoms with Crippen molar-refractivity contribution in [3.05, 3.63) is 52.2 Å². The molecule has 0 spiro atoms. The summed E-state index contributed by atoms with van der Waals surface area (Å²) >= 11 is 6.08. The van der Waals surface area contributed by atoms with Crippen molar-refractivity contribution in [2.24, 2.45) is 0 Å². The van der Waals surface area contributed by atoms with E-state index < -0.39 is 0 Å². The number of rotatable bonds is 3. The standard InChI is InChI=1S/C16H17ClN2O/c17-14-7-8-16(18)19-15(14)10-20-13-6-5-11-3-1-2-4-12(11)9-13/h5-9H,1-4,10H2,(H2,18,19). The zero-order valence-corrected chi connectivity index (χ0v) is 12.0. The van der Waals surface area contributed by atoms with Crippen LogP contribution in [0.2, 0.25) is 5.02 Å². The van der Waals surface area contributed by atoms with E-state index in [4.69, 9.17) is 22.1 Å². The third kappa shape index (κ3) is 2.88. The van der Waals surface area contributed by atoms with E-state index in [-0.39, 0.29) is 0 Å². The van der Waals surface area contributed by atoms with E-state index in [2.05, 4.69) is 17.1 Å². The number of hydrogen-bond acceptors (Lipinski definition) is 3. The van der Waals surface area contributed by atoms with Crippen LogP contribution in [0, 0.1) is 0 Å². The van der Waals surface area contributed by atoms with Crippen LogP contribution in [-0.2, 0) is 19.4 Å². The van der Waals surface area contributed by atoms with Crippen molar-refractivity contribution in [1.29, 1.82) is 0 Å². The van der Waals surface area contributed by atoms with Crippen molar-refractivity contribution in [2.45, 2.75) is 32.3 Å². The Morgan fingerprint density at radius 3 is 2.75 bits per heavy atom. The lowest BCUT2D eigenvalue weighted by Gasteiger charge is -2.17. The van der Waals surface area contributed by atoms with Gasteiger partial charge in [0.25, 0.3) is 0 Å². The zero-order valence-electron chi connectivity index (χ0n) is 11.2. The van der Waals surface area contributed by atoms with Gasteiger partial charge in [0.15, 0.2) is 0 Å². The summed E-state index contributed by atoms with van der Waals surface area (Å²) in [5.74, 6) is 1.32. The quantitative estimate of drug-likeness (QED) is 0.935. The first-order valence-electron chi connectivity index (χ1n) is 6.88. The molecule has 4 heteroatoms. The summed E-state index contributed by atoms with van der Waals surface area (Å²) in [5, 5.41) is 0.581. The van der Waals surface area contributed by atoms with Crippen LogP contribution in [0.3, 0.4) is 0 Å². The van der Waals surface area contributed by atoms with Crippen molar-refractivity contribution in [2.75, 3.05) is 5.73 Å². The number of anilines is 1. The number of aromatic nitrogens is 1. The molecule has 2 aromatic rings. The van der Waals surface area contributed by atoms with E-state index >= 15 is 0 Å². The normalized spacial score (nSPS) is 13.8. The van der Waals surface area contributed by atoms with Gasteiger partial charge in [-0.25, -0.2) is 4.98 Å². The number of nitrogen functional groups attached to an aromatic ring is 1. The van der Waals surface area contributed by atoms with Crippen LogP contribution in [0.5, 0.6) is 5.75 Å². The molecule has 0 radical (unpaired) electrons. The molecule has 1 aromatic heterocycles. The van der Waals surface area contributed by atoms with Gasteiger partial charge in [0, 0.05) is 0 Å². The summed E-state index contributed by atoms with van der Waals surface area (Å²) in [5.41, 5.74) is 9.18. The smallest absolute Gasteiger partial charge is 0.132 e. The summed E-state index contributed by atoms with van der Waals surface area (Å²) in [6.07, 6.45) is 4.87. The topological polar surface area (TPSA) is 48.1 Å². The molecule has 104 valence electrons. The number of halogens is 1. The molecule has 0 unspecified atom stereocenters. The Bertz CT molecular complexity index is 628. The fourth-order valence-corrected chi connectivity index (χ4v) is 2.71. The maximum absolute atomic E-state index is 6.08. The third-order valence-corrected chi connectivity index (χ3v) is 3.98. The highest BCUT2D eigenvalue weighted by atomic mass is 35.5. The van der Waals surface area contributed by atoms with Gasteiger partial charge in [0.05, 0.1) is 10.7 Å². The average molecular weight is 289 g/mol. The van der Waals surface area contributed by atoms with Crippen molar-refractivity contribution < 1.29 is 4.74 Å². The maximum Gasteiger partial charge on any atom is 0.132 e. The summed E-state index contributed by atoms with van der Waals surface area (Å²) < 4.78 is 5.79. The summed E-state index contributed by atoms with van der Waals surface area (Å²) in [6, 6.07) is 9.75. The highest BCUT2D eigenvalue weighted by molar-refractivity contribution is 6.31. The Balaban J connectivity index is 1.73. The van der Waals surface area contributed by atoms with E-state index in [9.17, 15) is 0 Å². The van der Waals surface area contributed by atoms with Gasteiger partial charge < -0.3 is 10.5 Å². The lowest BCUT2D eigenvalue weighted by molar-refractivity contribution is 0.301. The Hall–Kier alpha value is -1.74. The maximum atomic E-state index is 6.08. The first-order valence-corrected chi connectivity index (χ1v) is 7.26. The van der Waals surface area contributed by atoms with E-state index in [1.165, 1.54) is 30.4 Å². The second-order valence-corrected chi connectivity index (χ2v) is 5.50. The molecule has 1 aliphatic rings. The highest BCUT2D eigenvalue weighted by Crippen LogP contribution is 2.26. The van der Waals surface area contributed by atoms with E-state index in [0.717, 1.165) is 12.2 Å². The number of aryl methyl sites for hydroxylation is 2. The number of hydrogen-bond donors (Lipinski definition) is 1. The lowest BCUT2D eigenvalue weighted by atomic mass is 9.92. The van der Waals surface area contributed by atoms with Crippen LogP contribution < -0.4 is 10.5 Å². The van der Waals surface area contributed by atoms with Crippen molar-refractivity contribution in [3.63, 3.8) is 0 Å². The predicted molar refractivity (Wildman–Crippen MR) is 81.1 cm³/mol. The van der Waals surface area contributed by atoms with Gasteiger partial charge in [0.1, 0.15) is 18.2 Å². The van der Waals surface area contributed by atoms with Gasteiger partial charge in [0.2, 0.25) is 0 Å². The van der Waals surface area contributed by atoms with Crippen LogP contribution in [-0.4, -0.2) is 4.98 Å². The Morgan fingerprint density at radius 1 is 1.10 bits per heavy atom. The van der Waals surface area contributed by atoms with Crippen LogP contribution in [0.15, 0.2) is 30.3 Å². The number of nitrogens with two attached hydrogens (primary N) is 1. The molecule has 0 atom stereocenters. The Morgan fingerprint density at radius 2 is 1.90 bits per heavy atom. The average Bonchev–Trinajstić information content (AvgIpc) is 2.48. The Labute approximate surface area is 123 Å². The first kappa shape index (κ1) is 13.3. The summed E-state index contributed by atoms with van der Waals surface area (Å²) in [6.45, 7) is 0.336. The molecular formula is C16H17ClN2O. The fourth-order valence-electron chi connectivity index (χ4n) is 2.55. The largest absolute Gasteiger partial charge is 0.487 e. The van der Waals surface area contributed by atoms with E-state index in [0.29, 0.717) is 23.1 Å². The summed E-state index contributed by atoms with van der Waals surface area (Å²) in [7, 11) is 0. The minimum absolute atomic E-state index is 0.336. The molecule has 3 rings (SSSR count). The third-order valence-electron chi connectivity index (χ3n) is 3.64. The van der Waals surface area contributed by atoms with Gasteiger partial charge in [-0.3, -0.25) is 0 Å². The van der Waals surface area contributed by atoms with Crippen LogP contribution in [0.25, 0.3) is 0 Å². The second-order valence-electron chi connectivity index (χ2n) is 5.09. The fraction of sp³-hybridized carbons (Fsp3) is 0.312. The Kier molecular flexibility index (Phi) is 3.79. The number of benzene rings is 1. The SMILES string of the molecule is Nc1ccc(Cl)c(COc2ccc3c(c2)CCCC3)n1. The van der Waals surface area contributed by atoms with Crippen LogP contribution in [0.1, 0.15) is 29.7 Å². The molecule has 0 aliphatic heterocycles. The molecule has 20 heavy (non-hydrogen) atoms. The molecule has 0 amide bonds. The van der Waals surface area contributed by atoms with Gasteiger partial charge in [-0.15, -0.1) is 0 Å². The number of pyridine rings is 1. The molecule has 3 nitrogen and oxygen atoms in total. The molecule has 1 heterocycles. The lowest BCUT2D eigenvalue weighted by Crippen LogP contribution is -2.05. The van der Waals surface area contributed by atoms with E-state index in [1.54, 1.807) is 12.1 Å². The van der Waals surface area contributed by atoms with E-state index in [1.807, 2.05) is 6.07 Å². The van der Waals surface area contributed by atoms with Gasteiger partial charge in [-0.05, 0) is 61.1 Å². The number of fused-ring (bicyclic) bond motifs is 1. The van der Waals surface area contributed by atoms with Crippen molar-refractivity contribution in [1.82, 2.24) is 4.98 Å². The molecular weight excluding hydrogens is 272 g/mol. The molecule has 1 aliphatic carbocycles. The molecule has 0 bridgehead atoms. The summed E-state index contributed by atoms with van der Waals surface area (Å²) in [4.78, 5) is 4.20. The second kappa shape index (κ2) is 5.71. The number of nitrogens with zero attached hydrogens (tertiary/aromatic N) is 1. The minimum Gasteiger partial charge on any atom is -0.487 e. The molecule has 1 aromatic carbocycles.